The summed E-state index contributed by atoms with van der Waals surface area (Å²) >= 11 is 4.89. The summed E-state index contributed by atoms with van der Waals surface area (Å²) in [5, 5.41) is 0. The summed E-state index contributed by atoms with van der Waals surface area (Å²) < 4.78 is 5.26. The average molecular weight is 179 g/mol. The zero-order valence-electron chi connectivity index (χ0n) is 6.97. The van der Waals surface area contributed by atoms with Crippen LogP contribution in [0, 0.1) is 18.7 Å². The molecule has 0 atom stereocenters. The molecule has 3 heteroatoms. The van der Waals surface area contributed by atoms with Crippen molar-refractivity contribution in [2.45, 2.75) is 13.8 Å². The monoisotopic (exact) mass is 179 g/mol. The second-order valence-corrected chi connectivity index (χ2v) is 3.27. The minimum atomic E-state index is 0.443. The van der Waals surface area contributed by atoms with Gasteiger partial charge in [0.2, 0.25) is 0 Å². The summed E-state index contributed by atoms with van der Waals surface area (Å²) in [6.45, 7) is 4.12. The van der Waals surface area contributed by atoms with Crippen molar-refractivity contribution in [2.24, 2.45) is 0 Å². The third-order valence-corrected chi connectivity index (χ3v) is 2.31. The first-order chi connectivity index (χ1) is 5.68. The van der Waals surface area contributed by atoms with E-state index in [2.05, 4.69) is 18.8 Å². The molecule has 0 unspecified atom stereocenters. The van der Waals surface area contributed by atoms with Crippen LogP contribution < -0.4 is 0 Å². The lowest BCUT2D eigenvalue weighted by atomic mass is 10.1. The van der Waals surface area contributed by atoms with Crippen molar-refractivity contribution in [3.8, 4) is 0 Å². The Labute approximate surface area is 75.2 Å². The lowest BCUT2D eigenvalue weighted by Gasteiger charge is -1.97. The molecule has 1 aromatic heterocycles. The topological polar surface area (TPSA) is 28.9 Å². The van der Waals surface area contributed by atoms with Gasteiger partial charge in [0.25, 0.3) is 4.84 Å². The van der Waals surface area contributed by atoms with Crippen LogP contribution >= 0.6 is 12.2 Å². The van der Waals surface area contributed by atoms with Gasteiger partial charge >= 0.3 is 0 Å². The van der Waals surface area contributed by atoms with Gasteiger partial charge in [0.15, 0.2) is 5.58 Å². The minimum Gasteiger partial charge on any atom is -0.429 e. The highest BCUT2D eigenvalue weighted by molar-refractivity contribution is 7.71. The van der Waals surface area contributed by atoms with Crippen molar-refractivity contribution >= 4 is 23.3 Å². The second-order valence-electron chi connectivity index (χ2n) is 2.90. The Morgan fingerprint density at radius 2 is 2.08 bits per heavy atom. The van der Waals surface area contributed by atoms with Gasteiger partial charge in [0.1, 0.15) is 0 Å². The van der Waals surface area contributed by atoms with Crippen LogP contribution in [0.3, 0.4) is 0 Å². The molecule has 2 nitrogen and oxygen atoms in total. The number of aryl methyl sites for hydroxylation is 2. The molecule has 2 rings (SSSR count). The van der Waals surface area contributed by atoms with Crippen LogP contribution in [-0.2, 0) is 0 Å². The van der Waals surface area contributed by atoms with Crippen molar-refractivity contribution < 1.29 is 4.42 Å². The maximum atomic E-state index is 5.26. The molecule has 0 saturated carbocycles. The van der Waals surface area contributed by atoms with Gasteiger partial charge < -0.3 is 9.40 Å². The van der Waals surface area contributed by atoms with E-state index in [1.54, 1.807) is 0 Å². The minimum absolute atomic E-state index is 0.443. The van der Waals surface area contributed by atoms with Gasteiger partial charge in [0.05, 0.1) is 5.52 Å². The van der Waals surface area contributed by atoms with E-state index < -0.39 is 0 Å². The van der Waals surface area contributed by atoms with Crippen LogP contribution in [0.15, 0.2) is 16.5 Å². The lowest BCUT2D eigenvalue weighted by molar-refractivity contribution is 0.583. The fourth-order valence-electron chi connectivity index (χ4n) is 1.26. The summed E-state index contributed by atoms with van der Waals surface area (Å²) in [5.74, 6) is 0. The first kappa shape index (κ1) is 7.55. The SMILES string of the molecule is Cc1ccc2oc(=S)[nH]c2c1C. The van der Waals surface area contributed by atoms with E-state index in [0.29, 0.717) is 4.84 Å². The van der Waals surface area contributed by atoms with Gasteiger partial charge in [-0.2, -0.15) is 0 Å². The fraction of sp³-hybridized carbons (Fsp3) is 0.222. The van der Waals surface area contributed by atoms with E-state index in [1.807, 2.05) is 12.1 Å². The average Bonchev–Trinajstić information content (AvgIpc) is 2.39. The van der Waals surface area contributed by atoms with Crippen LogP contribution in [0.4, 0.5) is 0 Å². The second kappa shape index (κ2) is 2.45. The number of rotatable bonds is 0. The van der Waals surface area contributed by atoms with Crippen LogP contribution in [-0.4, -0.2) is 4.98 Å². The molecule has 1 N–H and O–H groups in total. The molecule has 0 bridgehead atoms. The molecule has 0 aliphatic carbocycles. The first-order valence-electron chi connectivity index (χ1n) is 3.77. The van der Waals surface area contributed by atoms with E-state index in [-0.39, 0.29) is 0 Å². The van der Waals surface area contributed by atoms with Gasteiger partial charge in [0, 0.05) is 0 Å². The molecule has 2 aromatic rings. The Morgan fingerprint density at radius 3 is 2.83 bits per heavy atom. The van der Waals surface area contributed by atoms with Crippen molar-refractivity contribution in [1.29, 1.82) is 0 Å². The van der Waals surface area contributed by atoms with Crippen LogP contribution in [0.2, 0.25) is 0 Å². The maximum Gasteiger partial charge on any atom is 0.266 e. The van der Waals surface area contributed by atoms with Crippen molar-refractivity contribution in [1.82, 2.24) is 4.98 Å². The van der Waals surface area contributed by atoms with Crippen LogP contribution in [0.25, 0.3) is 11.1 Å². The van der Waals surface area contributed by atoms with Gasteiger partial charge in [-0.25, -0.2) is 0 Å². The molecular formula is C9H9NOS. The van der Waals surface area contributed by atoms with E-state index in [0.717, 1.165) is 11.1 Å². The zero-order chi connectivity index (χ0) is 8.72. The molecule has 0 saturated heterocycles. The highest BCUT2D eigenvalue weighted by Crippen LogP contribution is 2.19. The van der Waals surface area contributed by atoms with Gasteiger partial charge in [-0.05, 0) is 43.3 Å². The number of nitrogens with one attached hydrogen (secondary N) is 1. The van der Waals surface area contributed by atoms with Crippen molar-refractivity contribution in [2.75, 3.05) is 0 Å². The molecule has 1 heterocycles. The van der Waals surface area contributed by atoms with E-state index in [1.165, 1.54) is 11.1 Å². The maximum absolute atomic E-state index is 5.26. The number of benzene rings is 1. The van der Waals surface area contributed by atoms with Gasteiger partial charge in [-0.3, -0.25) is 0 Å². The highest BCUT2D eigenvalue weighted by Gasteiger charge is 2.02. The molecule has 1 aromatic carbocycles. The van der Waals surface area contributed by atoms with Crippen LogP contribution in [0.1, 0.15) is 11.1 Å². The largest absolute Gasteiger partial charge is 0.429 e. The number of aromatic amines is 1. The fourth-order valence-corrected chi connectivity index (χ4v) is 1.45. The van der Waals surface area contributed by atoms with E-state index in [4.69, 9.17) is 16.6 Å². The predicted molar refractivity (Wildman–Crippen MR) is 50.9 cm³/mol. The lowest BCUT2D eigenvalue weighted by Crippen LogP contribution is -1.81. The molecule has 0 radical (unpaired) electrons. The number of aromatic nitrogens is 1. The molecule has 0 spiro atoms. The standard InChI is InChI=1S/C9H9NOS/c1-5-3-4-7-8(6(5)2)10-9(12)11-7/h3-4H,1-2H3,(H,10,12). The Bertz CT molecular complexity index is 481. The quantitative estimate of drug-likeness (QED) is 0.629. The summed E-state index contributed by atoms with van der Waals surface area (Å²) in [6.07, 6.45) is 0. The third kappa shape index (κ3) is 0.975. The number of oxazole rings is 1. The molecule has 0 fully saturated rings. The summed E-state index contributed by atoms with van der Waals surface area (Å²) in [6, 6.07) is 3.97. The number of H-pyrrole nitrogens is 1. The summed E-state index contributed by atoms with van der Waals surface area (Å²) in [7, 11) is 0. The van der Waals surface area contributed by atoms with Crippen molar-refractivity contribution in [3.05, 3.63) is 28.1 Å². The van der Waals surface area contributed by atoms with Crippen LogP contribution in [0.5, 0.6) is 0 Å². The van der Waals surface area contributed by atoms with Gasteiger partial charge in [-0.1, -0.05) is 6.07 Å². The van der Waals surface area contributed by atoms with Gasteiger partial charge in [-0.15, -0.1) is 0 Å². The smallest absolute Gasteiger partial charge is 0.266 e. The zero-order valence-corrected chi connectivity index (χ0v) is 7.79. The number of hydrogen-bond donors (Lipinski definition) is 1. The third-order valence-electron chi connectivity index (χ3n) is 2.13. The normalized spacial score (nSPS) is 10.8. The molecular weight excluding hydrogens is 170 g/mol. The number of fused-ring (bicyclic) bond motifs is 1. The molecule has 0 amide bonds. The predicted octanol–water partition coefficient (Wildman–Crippen LogP) is 3.11. The molecule has 62 valence electrons. The summed E-state index contributed by atoms with van der Waals surface area (Å²) in [5.41, 5.74) is 4.30. The Morgan fingerprint density at radius 1 is 1.33 bits per heavy atom. The van der Waals surface area contributed by atoms with E-state index in [9.17, 15) is 0 Å². The molecule has 0 aliphatic heterocycles. The first-order valence-corrected chi connectivity index (χ1v) is 4.18. The van der Waals surface area contributed by atoms with Crippen molar-refractivity contribution in [3.63, 3.8) is 0 Å². The number of hydrogen-bond acceptors (Lipinski definition) is 2. The molecule has 0 aliphatic rings. The Hall–Kier alpha value is -1.09. The Balaban J connectivity index is 2.99. The molecule has 12 heavy (non-hydrogen) atoms. The highest BCUT2D eigenvalue weighted by atomic mass is 32.1. The Kier molecular flexibility index (Phi) is 1.54. The summed E-state index contributed by atoms with van der Waals surface area (Å²) in [4.78, 5) is 3.46. The van der Waals surface area contributed by atoms with E-state index >= 15 is 0 Å².